The summed E-state index contributed by atoms with van der Waals surface area (Å²) >= 11 is 0. The summed E-state index contributed by atoms with van der Waals surface area (Å²) in [7, 11) is 0. The monoisotopic (exact) mass is 363 g/mol. The Labute approximate surface area is 159 Å². The van der Waals surface area contributed by atoms with Gasteiger partial charge >= 0.3 is 6.03 Å². The van der Waals surface area contributed by atoms with Crippen LogP contribution in [0.25, 0.3) is 0 Å². The molecule has 1 saturated carbocycles. The molecule has 1 N–H and O–H groups in total. The Bertz CT molecular complexity index is 793. The van der Waals surface area contributed by atoms with Gasteiger partial charge in [-0.1, -0.05) is 48.6 Å². The Morgan fingerprint density at radius 2 is 1.89 bits per heavy atom. The van der Waals surface area contributed by atoms with Crippen molar-refractivity contribution in [1.29, 1.82) is 0 Å². The minimum Gasteiger partial charge on any atom is -0.471 e. The van der Waals surface area contributed by atoms with Crippen LogP contribution in [0, 0.1) is 5.92 Å². The van der Waals surface area contributed by atoms with Crippen molar-refractivity contribution in [1.82, 2.24) is 10.2 Å². The van der Waals surface area contributed by atoms with Gasteiger partial charge in [0.25, 0.3) is 0 Å². The van der Waals surface area contributed by atoms with Gasteiger partial charge in [0.2, 0.25) is 0 Å². The molecule has 140 valence electrons. The summed E-state index contributed by atoms with van der Waals surface area (Å²) in [5.41, 5.74) is 1.32. The number of likely N-dealkylation sites (tertiary alicyclic amines) is 1. The second kappa shape index (κ2) is 6.87. The number of carbonyl (C=O) groups is 1. The zero-order chi connectivity index (χ0) is 18.2. The second-order valence-electron chi connectivity index (χ2n) is 7.88. The van der Waals surface area contributed by atoms with Crippen molar-refractivity contribution in [2.45, 2.75) is 43.4 Å². The molecule has 0 aromatic heterocycles. The number of rotatable bonds is 3. The molecule has 4 atom stereocenters. The fourth-order valence-electron chi connectivity index (χ4n) is 4.32. The van der Waals surface area contributed by atoms with Crippen molar-refractivity contribution in [3.8, 4) is 0 Å². The fourth-order valence-corrected chi connectivity index (χ4v) is 4.32. The topological polar surface area (TPSA) is 53.9 Å². The number of piperidine rings is 1. The highest BCUT2D eigenvalue weighted by atomic mass is 16.5. The number of hydrogen-bond acceptors (Lipinski definition) is 3. The van der Waals surface area contributed by atoms with Crippen LogP contribution in [0.3, 0.4) is 0 Å². The number of hydrogen-bond donors (Lipinski definition) is 1. The van der Waals surface area contributed by atoms with Crippen LogP contribution in [-0.2, 0) is 4.74 Å². The first kappa shape index (κ1) is 16.6. The number of allylic oxidation sites excluding steroid dienone is 2. The molecule has 2 aliphatic carbocycles. The molecule has 4 aliphatic rings. The number of ether oxygens (including phenoxy) is 1. The molecule has 5 nitrogen and oxygen atoms in total. The van der Waals surface area contributed by atoms with E-state index in [0.29, 0.717) is 11.8 Å². The molecule has 5 rings (SSSR count). The Balaban J connectivity index is 1.11. The van der Waals surface area contributed by atoms with Crippen LogP contribution in [0.5, 0.6) is 0 Å². The maximum Gasteiger partial charge on any atom is 0.317 e. The SMILES string of the molecule is O=C(NC1CC1c1ccccc1)N1CCC(C2=NC3C=CC=CC3O2)CC1. The first-order chi connectivity index (χ1) is 13.3. The maximum atomic E-state index is 12.6. The molecule has 1 aromatic carbocycles. The predicted octanol–water partition coefficient (Wildman–Crippen LogP) is 3.26. The molecule has 2 amide bonds. The van der Waals surface area contributed by atoms with Crippen molar-refractivity contribution in [3.63, 3.8) is 0 Å². The van der Waals surface area contributed by atoms with Crippen molar-refractivity contribution in [2.24, 2.45) is 10.9 Å². The Morgan fingerprint density at radius 1 is 1.11 bits per heavy atom. The summed E-state index contributed by atoms with van der Waals surface area (Å²) in [6, 6.07) is 10.9. The summed E-state index contributed by atoms with van der Waals surface area (Å²) in [5.74, 6) is 1.69. The number of amides is 2. The average Bonchev–Trinajstić information content (AvgIpc) is 3.35. The third kappa shape index (κ3) is 3.38. The molecule has 4 unspecified atom stereocenters. The molecule has 1 aromatic rings. The van der Waals surface area contributed by atoms with Crippen molar-refractivity contribution >= 4 is 11.9 Å². The average molecular weight is 363 g/mol. The van der Waals surface area contributed by atoms with E-state index in [1.54, 1.807) is 0 Å². The standard InChI is InChI=1S/C22H25N3O2/c26-22(24-19-14-17(19)15-6-2-1-3-7-15)25-12-10-16(11-13-25)21-23-18-8-4-5-9-20(18)27-21/h1-9,16-20H,10-14H2,(H,24,26). The van der Waals surface area contributed by atoms with Crippen LogP contribution in [0.1, 0.15) is 30.7 Å². The molecule has 0 spiro atoms. The number of aliphatic imine (C=N–C) groups is 1. The van der Waals surface area contributed by atoms with E-state index < -0.39 is 0 Å². The third-order valence-corrected chi connectivity index (χ3v) is 6.05. The maximum absolute atomic E-state index is 12.6. The van der Waals surface area contributed by atoms with Gasteiger partial charge in [-0.15, -0.1) is 0 Å². The molecular formula is C22H25N3O2. The van der Waals surface area contributed by atoms with E-state index >= 15 is 0 Å². The lowest BCUT2D eigenvalue weighted by molar-refractivity contribution is 0.170. The van der Waals surface area contributed by atoms with Gasteiger partial charge in [-0.25, -0.2) is 9.79 Å². The first-order valence-corrected chi connectivity index (χ1v) is 9.97. The number of nitrogens with one attached hydrogen (secondary N) is 1. The predicted molar refractivity (Wildman–Crippen MR) is 105 cm³/mol. The highest BCUT2D eigenvalue weighted by molar-refractivity contribution is 5.82. The zero-order valence-corrected chi connectivity index (χ0v) is 15.3. The van der Waals surface area contributed by atoms with Gasteiger partial charge in [-0.05, 0) is 30.9 Å². The number of nitrogens with zero attached hydrogens (tertiary/aromatic N) is 2. The fraction of sp³-hybridized carbons (Fsp3) is 0.455. The van der Waals surface area contributed by atoms with Crippen LogP contribution in [0.4, 0.5) is 4.79 Å². The number of benzene rings is 1. The van der Waals surface area contributed by atoms with Gasteiger partial charge in [0.15, 0.2) is 5.90 Å². The normalized spacial score (nSPS) is 31.9. The molecule has 27 heavy (non-hydrogen) atoms. The minimum atomic E-state index is 0.0658. The lowest BCUT2D eigenvalue weighted by Crippen LogP contribution is -2.46. The first-order valence-electron chi connectivity index (χ1n) is 9.97. The van der Waals surface area contributed by atoms with E-state index in [-0.39, 0.29) is 24.2 Å². The summed E-state index contributed by atoms with van der Waals surface area (Å²) in [6.45, 7) is 1.53. The van der Waals surface area contributed by atoms with Crippen LogP contribution in [0.15, 0.2) is 59.6 Å². The third-order valence-electron chi connectivity index (χ3n) is 6.05. The summed E-state index contributed by atoms with van der Waals surface area (Å²) in [6.07, 6.45) is 11.2. The Morgan fingerprint density at radius 3 is 2.67 bits per heavy atom. The van der Waals surface area contributed by atoms with Crippen LogP contribution in [0.2, 0.25) is 0 Å². The summed E-state index contributed by atoms with van der Waals surface area (Å²) < 4.78 is 6.03. The Kier molecular flexibility index (Phi) is 4.23. The van der Waals surface area contributed by atoms with Crippen LogP contribution >= 0.6 is 0 Å². The summed E-state index contributed by atoms with van der Waals surface area (Å²) in [5, 5.41) is 3.20. The number of urea groups is 1. The smallest absolute Gasteiger partial charge is 0.317 e. The van der Waals surface area contributed by atoms with Gasteiger partial charge in [-0.2, -0.15) is 0 Å². The van der Waals surface area contributed by atoms with E-state index in [9.17, 15) is 4.79 Å². The van der Waals surface area contributed by atoms with Crippen molar-refractivity contribution < 1.29 is 9.53 Å². The van der Waals surface area contributed by atoms with Gasteiger partial charge in [0.05, 0.1) is 0 Å². The minimum absolute atomic E-state index is 0.0658. The lowest BCUT2D eigenvalue weighted by atomic mass is 9.97. The van der Waals surface area contributed by atoms with E-state index in [1.165, 1.54) is 5.56 Å². The quantitative estimate of drug-likeness (QED) is 0.896. The second-order valence-corrected chi connectivity index (χ2v) is 7.88. The van der Waals surface area contributed by atoms with E-state index in [2.05, 4.69) is 41.7 Å². The largest absolute Gasteiger partial charge is 0.471 e. The van der Waals surface area contributed by atoms with E-state index in [4.69, 9.17) is 9.73 Å². The zero-order valence-electron chi connectivity index (χ0n) is 15.3. The van der Waals surface area contributed by atoms with Crippen molar-refractivity contribution in [2.75, 3.05) is 13.1 Å². The highest BCUT2D eigenvalue weighted by Gasteiger charge is 2.41. The van der Waals surface area contributed by atoms with Gasteiger partial charge < -0.3 is 15.0 Å². The number of carbonyl (C=O) groups excluding carboxylic acids is 1. The van der Waals surface area contributed by atoms with Gasteiger partial charge in [0, 0.05) is 31.0 Å². The molecule has 2 heterocycles. The van der Waals surface area contributed by atoms with Crippen LogP contribution < -0.4 is 5.32 Å². The number of fused-ring (bicyclic) bond motifs is 1. The molecule has 0 bridgehead atoms. The lowest BCUT2D eigenvalue weighted by Gasteiger charge is -2.31. The van der Waals surface area contributed by atoms with Gasteiger partial charge in [-0.3, -0.25) is 0 Å². The summed E-state index contributed by atoms with van der Waals surface area (Å²) in [4.78, 5) is 19.3. The molecular weight excluding hydrogens is 338 g/mol. The van der Waals surface area contributed by atoms with Gasteiger partial charge in [0.1, 0.15) is 12.1 Å². The Hall–Kier alpha value is -2.56. The van der Waals surface area contributed by atoms with Crippen LogP contribution in [-0.4, -0.2) is 48.1 Å². The molecule has 1 saturated heterocycles. The molecule has 2 aliphatic heterocycles. The molecule has 2 fully saturated rings. The molecule has 5 heteroatoms. The molecule has 0 radical (unpaired) electrons. The van der Waals surface area contributed by atoms with E-state index in [1.807, 2.05) is 23.1 Å². The highest BCUT2D eigenvalue weighted by Crippen LogP contribution is 2.40. The van der Waals surface area contributed by atoms with E-state index in [0.717, 1.165) is 38.2 Å². The van der Waals surface area contributed by atoms with Crippen molar-refractivity contribution in [3.05, 3.63) is 60.2 Å².